The van der Waals surface area contributed by atoms with Crippen molar-refractivity contribution in [3.05, 3.63) is 35.4 Å². The average molecular weight is 269 g/mol. The van der Waals surface area contributed by atoms with Gasteiger partial charge >= 0.3 is 0 Å². The third kappa shape index (κ3) is 2.95. The van der Waals surface area contributed by atoms with Gasteiger partial charge in [-0.3, -0.25) is 0 Å². The Hall–Kier alpha value is -1.00. The van der Waals surface area contributed by atoms with E-state index in [2.05, 4.69) is 18.7 Å². The van der Waals surface area contributed by atoms with E-state index in [1.165, 1.54) is 18.2 Å². The first-order valence-electron chi connectivity index (χ1n) is 6.85. The van der Waals surface area contributed by atoms with E-state index >= 15 is 0 Å². The van der Waals surface area contributed by atoms with Crippen LogP contribution in [0.25, 0.3) is 0 Å². The zero-order valence-corrected chi connectivity index (χ0v) is 11.5. The van der Waals surface area contributed by atoms with E-state index in [9.17, 15) is 13.9 Å². The van der Waals surface area contributed by atoms with Crippen molar-refractivity contribution in [2.75, 3.05) is 13.1 Å². The smallest absolute Gasteiger partial charge is 0.132 e. The van der Waals surface area contributed by atoms with Gasteiger partial charge in [0, 0.05) is 12.6 Å². The molecule has 1 atom stereocenters. The Morgan fingerprint density at radius 1 is 1.16 bits per heavy atom. The Morgan fingerprint density at radius 2 is 1.79 bits per heavy atom. The van der Waals surface area contributed by atoms with Crippen LogP contribution in [0.15, 0.2) is 18.2 Å². The monoisotopic (exact) mass is 269 g/mol. The number of aliphatic hydroxyl groups is 1. The lowest BCUT2D eigenvalue weighted by Crippen LogP contribution is -2.34. The first kappa shape index (κ1) is 14.4. The van der Waals surface area contributed by atoms with E-state index < -0.39 is 17.2 Å². The van der Waals surface area contributed by atoms with Gasteiger partial charge < -0.3 is 10.0 Å². The fourth-order valence-electron chi connectivity index (χ4n) is 2.85. The molecule has 1 saturated heterocycles. The molecule has 2 rings (SSSR count). The van der Waals surface area contributed by atoms with Crippen LogP contribution in [0.1, 0.15) is 38.7 Å². The van der Waals surface area contributed by atoms with Crippen LogP contribution < -0.4 is 0 Å². The van der Waals surface area contributed by atoms with Gasteiger partial charge in [-0.2, -0.15) is 0 Å². The summed E-state index contributed by atoms with van der Waals surface area (Å²) in [5, 5.41) is 10.7. The lowest BCUT2D eigenvalue weighted by molar-refractivity contribution is 0.0135. The van der Waals surface area contributed by atoms with Gasteiger partial charge in [0.2, 0.25) is 0 Å². The maximum atomic E-state index is 13.9. The molecule has 1 aromatic rings. The summed E-state index contributed by atoms with van der Waals surface area (Å²) in [5.74, 6) is -1.30. The summed E-state index contributed by atoms with van der Waals surface area (Å²) >= 11 is 0. The Balaban J connectivity index is 2.28. The van der Waals surface area contributed by atoms with E-state index in [0.717, 1.165) is 13.0 Å². The minimum atomic E-state index is -1.39. The minimum absolute atomic E-state index is 0.166. The van der Waals surface area contributed by atoms with Crippen molar-refractivity contribution in [2.45, 2.75) is 44.8 Å². The highest BCUT2D eigenvalue weighted by molar-refractivity contribution is 5.26. The van der Waals surface area contributed by atoms with Gasteiger partial charge in [0.1, 0.15) is 11.6 Å². The second kappa shape index (κ2) is 5.55. The van der Waals surface area contributed by atoms with Crippen LogP contribution in [-0.2, 0) is 5.60 Å². The molecule has 19 heavy (non-hydrogen) atoms. The Morgan fingerprint density at radius 3 is 2.37 bits per heavy atom. The van der Waals surface area contributed by atoms with Crippen molar-refractivity contribution in [1.29, 1.82) is 0 Å². The molecule has 106 valence electrons. The first-order valence-corrected chi connectivity index (χ1v) is 6.85. The Kier molecular flexibility index (Phi) is 4.21. The lowest BCUT2D eigenvalue weighted by atomic mass is 9.86. The largest absolute Gasteiger partial charge is 0.385 e. The highest BCUT2D eigenvalue weighted by Crippen LogP contribution is 2.36. The fourth-order valence-corrected chi connectivity index (χ4v) is 2.85. The molecule has 1 unspecified atom stereocenters. The summed E-state index contributed by atoms with van der Waals surface area (Å²) in [6.45, 7) is 5.69. The van der Waals surface area contributed by atoms with Crippen molar-refractivity contribution in [3.63, 3.8) is 0 Å². The molecule has 4 heteroatoms. The van der Waals surface area contributed by atoms with Crippen LogP contribution in [0, 0.1) is 11.6 Å². The van der Waals surface area contributed by atoms with Crippen molar-refractivity contribution >= 4 is 0 Å². The van der Waals surface area contributed by atoms with Gasteiger partial charge in [-0.25, -0.2) is 8.78 Å². The highest BCUT2D eigenvalue weighted by Gasteiger charge is 2.36. The zero-order valence-electron chi connectivity index (χ0n) is 11.5. The molecule has 2 nitrogen and oxygen atoms in total. The molecule has 0 aliphatic carbocycles. The molecular weight excluding hydrogens is 248 g/mol. The van der Waals surface area contributed by atoms with Crippen LogP contribution in [0.2, 0.25) is 0 Å². The summed E-state index contributed by atoms with van der Waals surface area (Å²) in [6, 6.07) is 4.13. The third-order valence-corrected chi connectivity index (χ3v) is 4.01. The van der Waals surface area contributed by atoms with Crippen molar-refractivity contribution < 1.29 is 13.9 Å². The highest BCUT2D eigenvalue weighted by atomic mass is 19.1. The summed E-state index contributed by atoms with van der Waals surface area (Å²) < 4.78 is 27.7. The SMILES string of the molecule is CC(C)N1CCCC(O)(c2c(F)cccc2F)CC1. The topological polar surface area (TPSA) is 23.5 Å². The van der Waals surface area contributed by atoms with E-state index in [4.69, 9.17) is 0 Å². The zero-order chi connectivity index (χ0) is 14.0. The quantitative estimate of drug-likeness (QED) is 0.892. The van der Waals surface area contributed by atoms with E-state index in [0.29, 0.717) is 25.4 Å². The second-order valence-corrected chi connectivity index (χ2v) is 5.61. The molecule has 1 heterocycles. The van der Waals surface area contributed by atoms with Crippen LogP contribution in [0.4, 0.5) is 8.78 Å². The van der Waals surface area contributed by atoms with Gasteiger partial charge in [0.25, 0.3) is 0 Å². The number of hydrogen-bond donors (Lipinski definition) is 1. The molecule has 0 spiro atoms. The first-order chi connectivity index (χ1) is 8.94. The maximum Gasteiger partial charge on any atom is 0.132 e. The normalized spacial score (nSPS) is 25.6. The van der Waals surface area contributed by atoms with Crippen LogP contribution >= 0.6 is 0 Å². The molecule has 0 aromatic heterocycles. The van der Waals surface area contributed by atoms with Crippen LogP contribution in [0.3, 0.4) is 0 Å². The van der Waals surface area contributed by atoms with Gasteiger partial charge in [0.05, 0.1) is 11.2 Å². The van der Waals surface area contributed by atoms with Gasteiger partial charge in [-0.15, -0.1) is 0 Å². The number of rotatable bonds is 2. The van der Waals surface area contributed by atoms with Crippen molar-refractivity contribution in [1.82, 2.24) is 4.90 Å². The molecule has 1 N–H and O–H groups in total. The Labute approximate surface area is 113 Å². The van der Waals surface area contributed by atoms with Gasteiger partial charge in [0.15, 0.2) is 0 Å². The summed E-state index contributed by atoms with van der Waals surface area (Å²) in [7, 11) is 0. The predicted molar refractivity (Wildman–Crippen MR) is 70.8 cm³/mol. The van der Waals surface area contributed by atoms with Crippen molar-refractivity contribution in [3.8, 4) is 0 Å². The molecule has 1 aliphatic heterocycles. The molecule has 1 aromatic carbocycles. The standard InChI is InChI=1S/C15H21F2NO/c1-11(2)18-9-4-7-15(19,8-10-18)14-12(16)5-3-6-13(14)17/h3,5-6,11,19H,4,7-10H2,1-2H3. The minimum Gasteiger partial charge on any atom is -0.385 e. The summed E-state index contributed by atoms with van der Waals surface area (Å²) in [6.07, 6.45) is 1.50. The molecule has 0 bridgehead atoms. The summed E-state index contributed by atoms with van der Waals surface area (Å²) in [4.78, 5) is 2.23. The molecule has 0 saturated carbocycles. The number of likely N-dealkylation sites (tertiary alicyclic amines) is 1. The molecule has 0 radical (unpaired) electrons. The molecule has 1 aliphatic rings. The molecule has 1 fully saturated rings. The van der Waals surface area contributed by atoms with Crippen LogP contribution in [-0.4, -0.2) is 29.1 Å². The molecular formula is C15H21F2NO. The number of hydrogen-bond acceptors (Lipinski definition) is 2. The average Bonchev–Trinajstić information content (AvgIpc) is 2.51. The number of halogens is 2. The van der Waals surface area contributed by atoms with Crippen molar-refractivity contribution in [2.24, 2.45) is 0 Å². The van der Waals surface area contributed by atoms with Crippen LogP contribution in [0.5, 0.6) is 0 Å². The van der Waals surface area contributed by atoms with Gasteiger partial charge in [-0.1, -0.05) is 6.07 Å². The van der Waals surface area contributed by atoms with E-state index in [-0.39, 0.29) is 5.56 Å². The fraction of sp³-hybridized carbons (Fsp3) is 0.600. The van der Waals surface area contributed by atoms with E-state index in [1.54, 1.807) is 0 Å². The maximum absolute atomic E-state index is 13.9. The molecule has 0 amide bonds. The second-order valence-electron chi connectivity index (χ2n) is 5.61. The number of benzene rings is 1. The Bertz CT molecular complexity index is 430. The number of nitrogens with zero attached hydrogens (tertiary/aromatic N) is 1. The van der Waals surface area contributed by atoms with E-state index in [1.807, 2.05) is 0 Å². The van der Waals surface area contributed by atoms with Gasteiger partial charge in [-0.05, 0) is 51.8 Å². The third-order valence-electron chi connectivity index (χ3n) is 4.01. The predicted octanol–water partition coefficient (Wildman–Crippen LogP) is 3.05. The summed E-state index contributed by atoms with van der Waals surface area (Å²) in [5.41, 5.74) is -1.56. The lowest BCUT2D eigenvalue weighted by Gasteiger charge is -2.29.